The Bertz CT molecular complexity index is 1040. The van der Waals surface area contributed by atoms with Gasteiger partial charge in [-0.25, -0.2) is 0 Å². The molecular formula is C26H31N3O6. The average molecular weight is 482 g/mol. The van der Waals surface area contributed by atoms with Crippen molar-refractivity contribution in [3.8, 4) is 5.75 Å². The lowest BCUT2D eigenvalue weighted by atomic mass is 9.84. The Labute approximate surface area is 204 Å². The number of hydrogen-bond donors (Lipinski definition) is 3. The molecule has 35 heavy (non-hydrogen) atoms. The number of pyridine rings is 1. The van der Waals surface area contributed by atoms with Gasteiger partial charge in [0.25, 0.3) is 0 Å². The predicted octanol–water partition coefficient (Wildman–Crippen LogP) is 2.15. The lowest BCUT2D eigenvalue weighted by Crippen LogP contribution is -2.47. The minimum Gasteiger partial charge on any atom is -0.487 e. The summed E-state index contributed by atoms with van der Waals surface area (Å²) in [4.78, 5) is 29.5. The van der Waals surface area contributed by atoms with Gasteiger partial charge < -0.3 is 30.0 Å². The number of nitrogens with one attached hydrogen (secondary N) is 2. The Kier molecular flexibility index (Phi) is 7.26. The number of anilines is 1. The highest BCUT2D eigenvalue weighted by Gasteiger charge is 2.46. The lowest BCUT2D eigenvalue weighted by Gasteiger charge is -2.37. The summed E-state index contributed by atoms with van der Waals surface area (Å²) in [6.07, 6.45) is 2.69. The van der Waals surface area contributed by atoms with Crippen LogP contribution in [0.1, 0.15) is 42.9 Å². The summed E-state index contributed by atoms with van der Waals surface area (Å²) >= 11 is 0. The number of aliphatic hydroxyl groups excluding tert-OH is 1. The molecule has 2 amide bonds. The monoisotopic (exact) mass is 481 g/mol. The van der Waals surface area contributed by atoms with Gasteiger partial charge in [-0.15, -0.1) is 0 Å². The van der Waals surface area contributed by atoms with Crippen molar-refractivity contribution in [3.05, 3.63) is 53.9 Å². The Morgan fingerprint density at radius 1 is 1.14 bits per heavy atom. The van der Waals surface area contributed by atoms with E-state index in [0.717, 1.165) is 35.5 Å². The SMILES string of the molecule is O=C(C[C@@H]1C[C@@H]2c3cc(NC(=O)C4CCOCC4)ccc3O[C@@H]2[C@@H](CO)O1)NCc1ccccn1. The van der Waals surface area contributed by atoms with Crippen molar-refractivity contribution < 1.29 is 28.9 Å². The molecule has 0 bridgehead atoms. The molecule has 4 heterocycles. The number of nitrogens with zero attached hydrogens (tertiary/aromatic N) is 1. The van der Waals surface area contributed by atoms with Crippen molar-refractivity contribution in [2.75, 3.05) is 25.1 Å². The Hall–Kier alpha value is -3.01. The highest BCUT2D eigenvalue weighted by Crippen LogP contribution is 2.47. The summed E-state index contributed by atoms with van der Waals surface area (Å²) in [5, 5.41) is 15.9. The molecule has 186 valence electrons. The van der Waals surface area contributed by atoms with E-state index in [4.69, 9.17) is 14.2 Å². The van der Waals surface area contributed by atoms with Crippen LogP contribution in [0.5, 0.6) is 5.75 Å². The molecule has 0 unspecified atom stereocenters. The van der Waals surface area contributed by atoms with E-state index in [2.05, 4.69) is 15.6 Å². The number of carbonyl (C=O) groups excluding carboxylic acids is 2. The summed E-state index contributed by atoms with van der Waals surface area (Å²) in [6, 6.07) is 11.2. The molecule has 2 saturated heterocycles. The minimum absolute atomic E-state index is 0.00591. The van der Waals surface area contributed by atoms with E-state index >= 15 is 0 Å². The molecule has 1 aromatic heterocycles. The highest BCUT2D eigenvalue weighted by atomic mass is 16.6. The zero-order valence-corrected chi connectivity index (χ0v) is 19.5. The number of aromatic nitrogens is 1. The fourth-order valence-electron chi connectivity index (χ4n) is 5.14. The van der Waals surface area contributed by atoms with E-state index in [1.165, 1.54) is 0 Å². The zero-order valence-electron chi connectivity index (χ0n) is 19.5. The van der Waals surface area contributed by atoms with Gasteiger partial charge in [0, 0.05) is 42.5 Å². The molecule has 3 aliphatic heterocycles. The van der Waals surface area contributed by atoms with Gasteiger partial charge >= 0.3 is 0 Å². The number of hydrogen-bond acceptors (Lipinski definition) is 7. The maximum Gasteiger partial charge on any atom is 0.227 e. The first-order valence-electron chi connectivity index (χ1n) is 12.2. The van der Waals surface area contributed by atoms with Crippen molar-refractivity contribution in [2.24, 2.45) is 5.92 Å². The zero-order chi connectivity index (χ0) is 24.2. The second-order valence-corrected chi connectivity index (χ2v) is 9.33. The molecular weight excluding hydrogens is 450 g/mol. The van der Waals surface area contributed by atoms with Crippen molar-refractivity contribution >= 4 is 17.5 Å². The largest absolute Gasteiger partial charge is 0.487 e. The lowest BCUT2D eigenvalue weighted by molar-refractivity contribution is -0.142. The topological polar surface area (TPSA) is 119 Å². The van der Waals surface area contributed by atoms with Crippen molar-refractivity contribution in [2.45, 2.75) is 56.5 Å². The van der Waals surface area contributed by atoms with Gasteiger partial charge in [0.1, 0.15) is 18.0 Å². The third-order valence-electron chi connectivity index (χ3n) is 6.96. The third-order valence-corrected chi connectivity index (χ3v) is 6.96. The molecule has 9 nitrogen and oxygen atoms in total. The van der Waals surface area contributed by atoms with Crippen molar-refractivity contribution in [1.29, 1.82) is 0 Å². The van der Waals surface area contributed by atoms with Crippen LogP contribution in [0.3, 0.4) is 0 Å². The van der Waals surface area contributed by atoms with E-state index in [0.29, 0.717) is 26.2 Å². The number of benzene rings is 1. The first-order valence-corrected chi connectivity index (χ1v) is 12.2. The van der Waals surface area contributed by atoms with E-state index < -0.39 is 6.10 Å². The molecule has 3 aliphatic rings. The molecule has 9 heteroatoms. The molecule has 2 fully saturated rings. The molecule has 0 radical (unpaired) electrons. The first kappa shape index (κ1) is 23.7. The quantitative estimate of drug-likeness (QED) is 0.554. The normalized spacial score (nSPS) is 25.7. The Morgan fingerprint density at radius 2 is 2.00 bits per heavy atom. The summed E-state index contributed by atoms with van der Waals surface area (Å²) in [6.45, 7) is 1.37. The molecule has 0 aliphatic carbocycles. The van der Waals surface area contributed by atoms with Gasteiger partial charge in [0.05, 0.1) is 31.4 Å². The molecule has 0 spiro atoms. The summed E-state index contributed by atoms with van der Waals surface area (Å²) in [5.74, 6) is 0.520. The predicted molar refractivity (Wildman–Crippen MR) is 127 cm³/mol. The maximum absolute atomic E-state index is 12.7. The van der Waals surface area contributed by atoms with E-state index in [1.54, 1.807) is 6.20 Å². The van der Waals surface area contributed by atoms with Crippen LogP contribution in [0.4, 0.5) is 5.69 Å². The van der Waals surface area contributed by atoms with Gasteiger partial charge in [-0.2, -0.15) is 0 Å². The average Bonchev–Trinajstić information content (AvgIpc) is 3.26. The van der Waals surface area contributed by atoms with Crippen LogP contribution in [0.15, 0.2) is 42.6 Å². The van der Waals surface area contributed by atoms with E-state index in [-0.39, 0.29) is 48.9 Å². The van der Waals surface area contributed by atoms with E-state index in [1.807, 2.05) is 36.4 Å². The van der Waals surface area contributed by atoms with Gasteiger partial charge in [0.15, 0.2) is 0 Å². The van der Waals surface area contributed by atoms with E-state index in [9.17, 15) is 14.7 Å². The number of fused-ring (bicyclic) bond motifs is 3. The van der Waals surface area contributed by atoms with Crippen molar-refractivity contribution in [1.82, 2.24) is 10.3 Å². The standard InChI is InChI=1S/C26H31N3O6/c30-15-23-25-21(12-19(34-23)13-24(31)28-14-18-3-1-2-8-27-18)20-11-17(4-5-22(20)35-25)29-26(32)16-6-9-33-10-7-16/h1-5,8,11,16,19,21,23,25,30H,6-7,9-10,12-15H2,(H,28,31)(H,29,32)/t19-,21+,23+,25-/m0/s1. The Balaban J connectivity index is 1.24. The number of ether oxygens (including phenoxy) is 3. The second kappa shape index (κ2) is 10.7. The summed E-state index contributed by atoms with van der Waals surface area (Å²) in [7, 11) is 0. The van der Waals surface area contributed by atoms with Crippen LogP contribution in [0.2, 0.25) is 0 Å². The number of amides is 2. The van der Waals surface area contributed by atoms with Crippen LogP contribution in [0.25, 0.3) is 0 Å². The van der Waals surface area contributed by atoms with Gasteiger partial charge in [-0.1, -0.05) is 6.07 Å². The van der Waals surface area contributed by atoms with Gasteiger partial charge in [-0.05, 0) is 49.6 Å². The summed E-state index contributed by atoms with van der Waals surface area (Å²) < 4.78 is 17.5. The van der Waals surface area contributed by atoms with Crippen LogP contribution in [-0.2, 0) is 25.6 Å². The van der Waals surface area contributed by atoms with Crippen LogP contribution in [-0.4, -0.2) is 60.0 Å². The Morgan fingerprint density at radius 3 is 2.77 bits per heavy atom. The summed E-state index contributed by atoms with van der Waals surface area (Å²) in [5.41, 5.74) is 2.48. The third kappa shape index (κ3) is 5.47. The molecule has 1 aromatic carbocycles. The number of rotatable bonds is 7. The fourth-order valence-corrected chi connectivity index (χ4v) is 5.14. The van der Waals surface area contributed by atoms with Crippen LogP contribution in [0, 0.1) is 5.92 Å². The number of carbonyl (C=O) groups is 2. The first-order chi connectivity index (χ1) is 17.1. The molecule has 3 N–H and O–H groups in total. The minimum atomic E-state index is -0.532. The fraction of sp³-hybridized carbons (Fsp3) is 0.500. The van der Waals surface area contributed by atoms with Crippen LogP contribution >= 0.6 is 0 Å². The van der Waals surface area contributed by atoms with Crippen LogP contribution < -0.4 is 15.4 Å². The molecule has 4 atom stereocenters. The van der Waals surface area contributed by atoms with Gasteiger partial charge in [-0.3, -0.25) is 14.6 Å². The maximum atomic E-state index is 12.7. The molecule has 5 rings (SSSR count). The second-order valence-electron chi connectivity index (χ2n) is 9.33. The number of aliphatic hydroxyl groups is 1. The van der Waals surface area contributed by atoms with Gasteiger partial charge in [0.2, 0.25) is 11.8 Å². The van der Waals surface area contributed by atoms with Crippen molar-refractivity contribution in [3.63, 3.8) is 0 Å². The smallest absolute Gasteiger partial charge is 0.227 e. The molecule has 0 saturated carbocycles. The highest BCUT2D eigenvalue weighted by molar-refractivity contribution is 5.92. The molecule has 2 aromatic rings.